The smallest absolute Gasteiger partial charge is 0.0703 e. The van der Waals surface area contributed by atoms with Gasteiger partial charge in [-0.15, -0.1) is 0 Å². The number of allylic oxidation sites excluding steroid dienone is 10. The quantitative estimate of drug-likeness (QED) is 0.625. The van der Waals surface area contributed by atoms with Gasteiger partial charge in [-0.3, -0.25) is 0 Å². The predicted molar refractivity (Wildman–Crippen MR) is 77.2 cm³/mol. The highest BCUT2D eigenvalue weighted by molar-refractivity contribution is 6.11. The second-order valence-electron chi connectivity index (χ2n) is 3.81. The van der Waals surface area contributed by atoms with Gasteiger partial charge in [-0.05, 0) is 44.1 Å². The summed E-state index contributed by atoms with van der Waals surface area (Å²) in [5.41, 5.74) is 3.99. The van der Waals surface area contributed by atoms with Crippen LogP contribution in [0.4, 0.5) is 0 Å². The van der Waals surface area contributed by atoms with E-state index in [0.29, 0.717) is 0 Å². The number of hydrogen-bond donors (Lipinski definition) is 0. The highest BCUT2D eigenvalue weighted by atomic mass is 14.8. The van der Waals surface area contributed by atoms with Crippen molar-refractivity contribution in [2.24, 2.45) is 4.99 Å². The third kappa shape index (κ3) is 3.87. The van der Waals surface area contributed by atoms with Crippen molar-refractivity contribution in [1.82, 2.24) is 0 Å². The number of aliphatic imine (C=N–C) groups is 1. The lowest BCUT2D eigenvalue weighted by Gasteiger charge is -2.06. The van der Waals surface area contributed by atoms with Crippen molar-refractivity contribution < 1.29 is 0 Å². The SMILES string of the molecule is C=C1C=CC=C/C1=N/C(/C=C\C)=C(C)/C=C\C. The fourth-order valence-electron chi connectivity index (χ4n) is 1.50. The third-order valence-corrected chi connectivity index (χ3v) is 2.38. The van der Waals surface area contributed by atoms with Crippen molar-refractivity contribution in [3.8, 4) is 0 Å². The van der Waals surface area contributed by atoms with E-state index < -0.39 is 0 Å². The Bertz CT molecular complexity index is 466. The zero-order valence-electron chi connectivity index (χ0n) is 10.8. The lowest BCUT2D eigenvalue weighted by molar-refractivity contribution is 1.30. The molecule has 0 fully saturated rings. The molecule has 1 rings (SSSR count). The number of nitrogens with zero attached hydrogens (tertiary/aromatic N) is 1. The van der Waals surface area contributed by atoms with Gasteiger partial charge in [0.2, 0.25) is 0 Å². The Morgan fingerprint density at radius 1 is 1.12 bits per heavy atom. The summed E-state index contributed by atoms with van der Waals surface area (Å²) < 4.78 is 0. The Balaban J connectivity index is 3.14. The summed E-state index contributed by atoms with van der Waals surface area (Å²) in [5, 5.41) is 0. The van der Waals surface area contributed by atoms with Gasteiger partial charge >= 0.3 is 0 Å². The van der Waals surface area contributed by atoms with E-state index in [2.05, 4.69) is 24.6 Å². The van der Waals surface area contributed by atoms with E-state index in [0.717, 1.165) is 22.6 Å². The molecule has 0 unspecified atom stereocenters. The Hall–Kier alpha value is -1.89. The molecule has 0 spiro atoms. The zero-order valence-corrected chi connectivity index (χ0v) is 10.8. The van der Waals surface area contributed by atoms with E-state index in [4.69, 9.17) is 0 Å². The molecule has 17 heavy (non-hydrogen) atoms. The van der Waals surface area contributed by atoms with Gasteiger partial charge in [0.05, 0.1) is 11.4 Å². The van der Waals surface area contributed by atoms with Crippen molar-refractivity contribution in [2.45, 2.75) is 20.8 Å². The largest absolute Gasteiger partial charge is 0.248 e. The minimum absolute atomic E-state index is 0.921. The van der Waals surface area contributed by atoms with Crippen molar-refractivity contribution in [2.75, 3.05) is 0 Å². The molecule has 0 atom stereocenters. The van der Waals surface area contributed by atoms with Crippen molar-refractivity contribution in [3.63, 3.8) is 0 Å². The first-order chi connectivity index (χ1) is 8.19. The summed E-state index contributed by atoms with van der Waals surface area (Å²) in [6.45, 7) is 10.0. The second-order valence-corrected chi connectivity index (χ2v) is 3.81. The first-order valence-corrected chi connectivity index (χ1v) is 5.78. The molecule has 0 heterocycles. The summed E-state index contributed by atoms with van der Waals surface area (Å²) >= 11 is 0. The molecule has 0 saturated carbocycles. The summed E-state index contributed by atoms with van der Waals surface area (Å²) in [5.74, 6) is 0. The molecule has 0 aliphatic heterocycles. The summed E-state index contributed by atoms with van der Waals surface area (Å²) in [4.78, 5) is 4.65. The molecule has 1 aliphatic rings. The number of rotatable bonds is 3. The highest BCUT2D eigenvalue weighted by Crippen LogP contribution is 2.14. The molecule has 0 aromatic carbocycles. The van der Waals surface area contributed by atoms with Gasteiger partial charge in [-0.2, -0.15) is 0 Å². The van der Waals surface area contributed by atoms with E-state index >= 15 is 0 Å². The van der Waals surface area contributed by atoms with Gasteiger partial charge in [-0.25, -0.2) is 4.99 Å². The predicted octanol–water partition coefficient (Wildman–Crippen LogP) is 4.54. The van der Waals surface area contributed by atoms with E-state index in [1.807, 2.05) is 56.4 Å². The van der Waals surface area contributed by atoms with Crippen LogP contribution >= 0.6 is 0 Å². The summed E-state index contributed by atoms with van der Waals surface area (Å²) in [7, 11) is 0. The van der Waals surface area contributed by atoms with Crippen LogP contribution in [0.1, 0.15) is 20.8 Å². The van der Waals surface area contributed by atoms with Crippen LogP contribution < -0.4 is 0 Å². The Morgan fingerprint density at radius 3 is 2.35 bits per heavy atom. The molecule has 0 aromatic heterocycles. The molecule has 0 aromatic rings. The van der Waals surface area contributed by atoms with E-state index in [1.54, 1.807) is 0 Å². The molecule has 88 valence electrons. The molecule has 1 nitrogen and oxygen atoms in total. The third-order valence-electron chi connectivity index (χ3n) is 2.38. The Kier molecular flexibility index (Phi) is 5.15. The summed E-state index contributed by atoms with van der Waals surface area (Å²) in [6.07, 6.45) is 16.0. The Morgan fingerprint density at radius 2 is 1.76 bits per heavy atom. The second kappa shape index (κ2) is 6.64. The van der Waals surface area contributed by atoms with Crippen LogP contribution in [0.2, 0.25) is 0 Å². The molecule has 1 aliphatic carbocycles. The lowest BCUT2D eigenvalue weighted by Crippen LogP contribution is -1.99. The highest BCUT2D eigenvalue weighted by Gasteiger charge is 2.02. The van der Waals surface area contributed by atoms with Crippen LogP contribution in [0.3, 0.4) is 0 Å². The van der Waals surface area contributed by atoms with Crippen molar-refractivity contribution in [1.29, 1.82) is 0 Å². The van der Waals surface area contributed by atoms with Gasteiger partial charge in [0, 0.05) is 0 Å². The Labute approximate surface area is 104 Å². The van der Waals surface area contributed by atoms with E-state index in [-0.39, 0.29) is 0 Å². The first kappa shape index (κ1) is 13.2. The monoisotopic (exact) mass is 225 g/mol. The molecular formula is C16H19N. The van der Waals surface area contributed by atoms with Crippen molar-refractivity contribution >= 4 is 5.71 Å². The fourth-order valence-corrected chi connectivity index (χ4v) is 1.50. The molecule has 0 bridgehead atoms. The van der Waals surface area contributed by atoms with Crippen molar-refractivity contribution in [3.05, 3.63) is 72.0 Å². The molecule has 1 heteroatoms. The lowest BCUT2D eigenvalue weighted by atomic mass is 10.1. The maximum atomic E-state index is 4.65. The fraction of sp³-hybridized carbons (Fsp3) is 0.188. The first-order valence-electron chi connectivity index (χ1n) is 5.78. The van der Waals surface area contributed by atoms with Crippen LogP contribution in [0.15, 0.2) is 77.0 Å². The minimum atomic E-state index is 0.921. The van der Waals surface area contributed by atoms with Crippen LogP contribution in [-0.2, 0) is 0 Å². The molecular weight excluding hydrogens is 206 g/mol. The standard InChI is InChI=1S/C16H19N/c1-5-9-13(3)15(10-6-2)17-16-12-8-7-11-14(16)4/h5-12H,4H2,1-3H3/b9-5-,10-6-,15-13+,17-16-. The van der Waals surface area contributed by atoms with Gasteiger partial charge in [0.25, 0.3) is 0 Å². The average molecular weight is 225 g/mol. The number of hydrogen-bond acceptors (Lipinski definition) is 1. The van der Waals surface area contributed by atoms with Crippen LogP contribution in [-0.4, -0.2) is 5.71 Å². The maximum Gasteiger partial charge on any atom is 0.0703 e. The maximum absolute atomic E-state index is 4.65. The van der Waals surface area contributed by atoms with Crippen LogP contribution in [0, 0.1) is 0 Å². The van der Waals surface area contributed by atoms with E-state index in [1.165, 1.54) is 0 Å². The van der Waals surface area contributed by atoms with Gasteiger partial charge in [-0.1, -0.05) is 43.0 Å². The normalized spacial score (nSPS) is 19.7. The summed E-state index contributed by atoms with van der Waals surface area (Å²) in [6, 6.07) is 0. The molecule has 0 saturated heterocycles. The topological polar surface area (TPSA) is 12.4 Å². The van der Waals surface area contributed by atoms with Crippen LogP contribution in [0.5, 0.6) is 0 Å². The van der Waals surface area contributed by atoms with Crippen LogP contribution in [0.25, 0.3) is 0 Å². The van der Waals surface area contributed by atoms with Gasteiger partial charge in [0.1, 0.15) is 0 Å². The minimum Gasteiger partial charge on any atom is -0.248 e. The molecule has 0 radical (unpaired) electrons. The molecule has 0 amide bonds. The average Bonchev–Trinajstić information content (AvgIpc) is 2.31. The van der Waals surface area contributed by atoms with E-state index in [9.17, 15) is 0 Å². The van der Waals surface area contributed by atoms with Gasteiger partial charge in [0.15, 0.2) is 0 Å². The van der Waals surface area contributed by atoms with Gasteiger partial charge < -0.3 is 0 Å². The zero-order chi connectivity index (χ0) is 12.7. The molecule has 0 N–H and O–H groups in total.